The first-order chi connectivity index (χ1) is 10.2. The summed E-state index contributed by atoms with van der Waals surface area (Å²) < 4.78 is 99.2. The number of carbonyl (C=O) groups excluding carboxylic acids is 2. The zero-order valence-corrected chi connectivity index (χ0v) is 11.1. The largest absolute Gasteiger partial charge is 0.456 e. The van der Waals surface area contributed by atoms with Crippen LogP contribution in [0.4, 0.5) is 35.1 Å². The third-order valence-electron chi connectivity index (χ3n) is 1.52. The number of hydrogen-bond donors (Lipinski definition) is 0. The van der Waals surface area contributed by atoms with Gasteiger partial charge < -0.3 is 9.47 Å². The van der Waals surface area contributed by atoms with Crippen molar-refractivity contribution in [3.63, 3.8) is 0 Å². The lowest BCUT2D eigenvalue weighted by Gasteiger charge is -2.18. The van der Waals surface area contributed by atoms with E-state index in [4.69, 9.17) is 0 Å². The number of esters is 2. The van der Waals surface area contributed by atoms with Crippen molar-refractivity contribution in [2.45, 2.75) is 18.3 Å². The average molecular weight is 358 g/mol. The molecule has 0 saturated carbocycles. The SMILES string of the molecule is C=CC(=O)OCC(F)(F)C(F)(F)F.C=CC(=O)OCC(F)(F)F. The number of carbonyl (C=O) groups is 2. The topological polar surface area (TPSA) is 52.6 Å². The summed E-state index contributed by atoms with van der Waals surface area (Å²) >= 11 is 0. The van der Waals surface area contributed by atoms with E-state index in [1.807, 2.05) is 0 Å². The first-order valence-corrected chi connectivity index (χ1v) is 5.26. The molecule has 0 rings (SSSR count). The van der Waals surface area contributed by atoms with Gasteiger partial charge in [-0.1, -0.05) is 13.2 Å². The molecule has 0 spiro atoms. The predicted molar refractivity (Wildman–Crippen MR) is 59.4 cm³/mol. The fraction of sp³-hybridized carbons (Fsp3) is 0.455. The van der Waals surface area contributed by atoms with Crippen LogP contribution in [-0.2, 0) is 19.1 Å². The van der Waals surface area contributed by atoms with Gasteiger partial charge in [-0.25, -0.2) is 9.59 Å². The number of hydrogen-bond acceptors (Lipinski definition) is 4. The normalized spacial score (nSPS) is 11.7. The zero-order chi connectivity index (χ0) is 18.9. The minimum Gasteiger partial charge on any atom is -0.456 e. The Morgan fingerprint density at radius 1 is 0.783 bits per heavy atom. The van der Waals surface area contributed by atoms with Crippen LogP contribution in [0.25, 0.3) is 0 Å². The second-order valence-electron chi connectivity index (χ2n) is 3.44. The molecule has 0 heterocycles. The molecule has 0 saturated heterocycles. The third kappa shape index (κ3) is 12.1. The fourth-order valence-corrected chi connectivity index (χ4v) is 0.514. The fourth-order valence-electron chi connectivity index (χ4n) is 0.514. The molecule has 0 amide bonds. The highest BCUT2D eigenvalue weighted by atomic mass is 19.4. The van der Waals surface area contributed by atoms with Gasteiger partial charge in [0.05, 0.1) is 0 Å². The Bertz CT molecular complexity index is 425. The summed E-state index contributed by atoms with van der Waals surface area (Å²) in [7, 11) is 0. The van der Waals surface area contributed by atoms with Crippen molar-refractivity contribution in [3.8, 4) is 0 Å². The van der Waals surface area contributed by atoms with Gasteiger partial charge in [-0.15, -0.1) is 0 Å². The molecule has 134 valence electrons. The van der Waals surface area contributed by atoms with E-state index in [0.717, 1.165) is 0 Å². The average Bonchev–Trinajstić information content (AvgIpc) is 2.40. The molecule has 4 nitrogen and oxygen atoms in total. The standard InChI is InChI=1S/C6H5F5O2.C5H5F3O2/c1-2-4(12)13-3-5(7,8)6(9,10)11;1-2-4(9)10-3-5(6,7)8/h2H,1,3H2;2H,1,3H2. The smallest absolute Gasteiger partial charge is 0.456 e. The van der Waals surface area contributed by atoms with Crippen molar-refractivity contribution in [2.75, 3.05) is 13.2 Å². The minimum absolute atomic E-state index is 0.493. The molecule has 0 aromatic carbocycles. The maximum absolute atomic E-state index is 12.0. The summed E-state index contributed by atoms with van der Waals surface area (Å²) in [6, 6.07) is 0. The Hall–Kier alpha value is -2.14. The first-order valence-electron chi connectivity index (χ1n) is 5.26. The van der Waals surface area contributed by atoms with Crippen LogP contribution in [0.5, 0.6) is 0 Å². The Labute approximate surface area is 124 Å². The highest BCUT2D eigenvalue weighted by molar-refractivity contribution is 5.81. The van der Waals surface area contributed by atoms with Crippen molar-refractivity contribution in [3.05, 3.63) is 25.3 Å². The Morgan fingerprint density at radius 3 is 1.39 bits per heavy atom. The summed E-state index contributed by atoms with van der Waals surface area (Å²) in [4.78, 5) is 20.2. The number of halogens is 8. The second kappa shape index (κ2) is 9.10. The lowest BCUT2D eigenvalue weighted by atomic mass is 10.3. The molecule has 23 heavy (non-hydrogen) atoms. The molecule has 0 radical (unpaired) electrons. The van der Waals surface area contributed by atoms with Crippen molar-refractivity contribution in [1.82, 2.24) is 0 Å². The molecule has 0 aliphatic rings. The molecular formula is C11H10F8O4. The van der Waals surface area contributed by atoms with E-state index in [1.165, 1.54) is 0 Å². The lowest BCUT2D eigenvalue weighted by Crippen LogP contribution is -2.41. The summed E-state index contributed by atoms with van der Waals surface area (Å²) in [5.74, 6) is -7.42. The van der Waals surface area contributed by atoms with Crippen molar-refractivity contribution >= 4 is 11.9 Å². The van der Waals surface area contributed by atoms with Crippen LogP contribution < -0.4 is 0 Å². The first kappa shape index (κ1) is 23.1. The summed E-state index contributed by atoms with van der Waals surface area (Å²) in [5, 5.41) is 0. The van der Waals surface area contributed by atoms with Gasteiger partial charge in [-0.3, -0.25) is 0 Å². The molecule has 0 N–H and O–H groups in total. The monoisotopic (exact) mass is 358 g/mol. The Morgan fingerprint density at radius 2 is 1.13 bits per heavy atom. The van der Waals surface area contributed by atoms with Gasteiger partial charge in [0.15, 0.2) is 13.2 Å². The van der Waals surface area contributed by atoms with Crippen LogP contribution in [-0.4, -0.2) is 43.4 Å². The highest BCUT2D eigenvalue weighted by Crippen LogP contribution is 2.35. The second-order valence-corrected chi connectivity index (χ2v) is 3.44. The number of ether oxygens (including phenoxy) is 2. The lowest BCUT2D eigenvalue weighted by molar-refractivity contribution is -0.293. The van der Waals surface area contributed by atoms with Crippen molar-refractivity contribution in [1.29, 1.82) is 0 Å². The molecule has 0 aromatic rings. The molecule has 0 bridgehead atoms. The quantitative estimate of drug-likeness (QED) is 0.430. The summed E-state index contributed by atoms with van der Waals surface area (Å²) in [6.45, 7) is 2.16. The number of rotatable bonds is 5. The van der Waals surface area contributed by atoms with Crippen LogP contribution in [0, 0.1) is 0 Å². The summed E-state index contributed by atoms with van der Waals surface area (Å²) in [5.41, 5.74) is 0. The molecule has 12 heteroatoms. The highest BCUT2D eigenvalue weighted by Gasteiger charge is 2.58. The third-order valence-corrected chi connectivity index (χ3v) is 1.52. The zero-order valence-electron chi connectivity index (χ0n) is 11.1. The Kier molecular flexibility index (Phi) is 9.15. The van der Waals surface area contributed by atoms with E-state index < -0.39 is 43.4 Å². The molecule has 0 atom stereocenters. The Balaban J connectivity index is 0. The maximum Gasteiger partial charge on any atom is 0.456 e. The van der Waals surface area contributed by atoms with Gasteiger partial charge in [0, 0.05) is 12.2 Å². The molecule has 0 fully saturated rings. The van der Waals surface area contributed by atoms with E-state index in [-0.39, 0.29) is 0 Å². The van der Waals surface area contributed by atoms with Gasteiger partial charge in [0.25, 0.3) is 0 Å². The van der Waals surface area contributed by atoms with E-state index in [1.54, 1.807) is 0 Å². The van der Waals surface area contributed by atoms with Gasteiger partial charge >= 0.3 is 30.2 Å². The number of alkyl halides is 8. The molecular weight excluding hydrogens is 348 g/mol. The molecule has 0 aliphatic carbocycles. The van der Waals surface area contributed by atoms with Crippen LogP contribution >= 0.6 is 0 Å². The van der Waals surface area contributed by atoms with Gasteiger partial charge in [0.2, 0.25) is 0 Å². The summed E-state index contributed by atoms with van der Waals surface area (Å²) in [6.07, 6.45) is -9.01. The molecule has 0 aromatic heterocycles. The van der Waals surface area contributed by atoms with E-state index >= 15 is 0 Å². The minimum atomic E-state index is -5.71. The van der Waals surface area contributed by atoms with Crippen LogP contribution in [0.3, 0.4) is 0 Å². The van der Waals surface area contributed by atoms with E-state index in [0.29, 0.717) is 12.2 Å². The molecule has 0 unspecified atom stereocenters. The molecule has 0 aliphatic heterocycles. The predicted octanol–water partition coefficient (Wildman–Crippen LogP) is 3.19. The van der Waals surface area contributed by atoms with Crippen LogP contribution in [0.15, 0.2) is 25.3 Å². The van der Waals surface area contributed by atoms with E-state index in [9.17, 15) is 44.7 Å². The van der Waals surface area contributed by atoms with Gasteiger partial charge in [0.1, 0.15) is 0 Å². The van der Waals surface area contributed by atoms with Crippen molar-refractivity contribution in [2.24, 2.45) is 0 Å². The van der Waals surface area contributed by atoms with Crippen molar-refractivity contribution < 1.29 is 54.2 Å². The van der Waals surface area contributed by atoms with E-state index in [2.05, 4.69) is 22.6 Å². The van der Waals surface area contributed by atoms with Gasteiger partial charge in [-0.05, 0) is 0 Å². The van der Waals surface area contributed by atoms with Gasteiger partial charge in [-0.2, -0.15) is 35.1 Å². The van der Waals surface area contributed by atoms with Crippen LogP contribution in [0.2, 0.25) is 0 Å². The maximum atomic E-state index is 12.0. The van der Waals surface area contributed by atoms with Crippen LogP contribution in [0.1, 0.15) is 0 Å².